The highest BCUT2D eigenvalue weighted by atomic mass is 31.2. The number of fused-ring (bicyclic) bond motifs is 1. The van der Waals surface area contributed by atoms with E-state index in [0.717, 1.165) is 25.6 Å². The molecule has 0 spiro atoms. The minimum atomic E-state index is -4.86. The number of carbonyl (C=O) groups is 2. The Morgan fingerprint density at radius 1 is 1.13 bits per heavy atom. The number of amides is 1. The molecule has 4 N–H and O–H groups in total. The zero-order valence-electron chi connectivity index (χ0n) is 25.9. The number of nitrogens with zero attached hydrogens (tertiary/aromatic N) is 3. The molecule has 3 aromatic rings. The van der Waals surface area contributed by atoms with E-state index in [0.29, 0.717) is 30.5 Å². The summed E-state index contributed by atoms with van der Waals surface area (Å²) in [6, 6.07) is 6.29. The van der Waals surface area contributed by atoms with Crippen LogP contribution in [0.25, 0.3) is 10.9 Å². The van der Waals surface area contributed by atoms with Gasteiger partial charge in [-0.1, -0.05) is 12.1 Å². The molecule has 3 atom stereocenters. The van der Waals surface area contributed by atoms with Crippen LogP contribution in [0, 0.1) is 5.82 Å². The lowest BCUT2D eigenvalue weighted by Gasteiger charge is -2.39. The fourth-order valence-corrected chi connectivity index (χ4v) is 9.22. The van der Waals surface area contributed by atoms with Gasteiger partial charge in [0.2, 0.25) is 12.8 Å². The predicted octanol–water partition coefficient (Wildman–Crippen LogP) is 4.23. The molecule has 0 radical (unpaired) electrons. The summed E-state index contributed by atoms with van der Waals surface area (Å²) < 4.78 is 52.5. The third kappa shape index (κ3) is 7.24. The van der Waals surface area contributed by atoms with E-state index in [1.807, 2.05) is 0 Å². The summed E-state index contributed by atoms with van der Waals surface area (Å²) in [5, 5.41) is 7.73. The fraction of sp³-hybridized carbons (Fsp3) is 0.433. The van der Waals surface area contributed by atoms with Crippen molar-refractivity contribution >= 4 is 43.6 Å². The Balaban J connectivity index is 1.35. The van der Waals surface area contributed by atoms with Gasteiger partial charge in [-0.25, -0.2) is 14.0 Å². The number of hydrogen-bond donors (Lipinski definition) is 4. The summed E-state index contributed by atoms with van der Waals surface area (Å²) >= 11 is 0. The van der Waals surface area contributed by atoms with Crippen molar-refractivity contribution in [2.45, 2.75) is 49.6 Å². The van der Waals surface area contributed by atoms with Crippen LogP contribution in [0.5, 0.6) is 11.5 Å². The van der Waals surface area contributed by atoms with Crippen molar-refractivity contribution < 1.29 is 52.4 Å². The van der Waals surface area contributed by atoms with E-state index in [-0.39, 0.29) is 41.6 Å². The molecular weight excluding hydrogens is 659 g/mol. The molecule has 5 rings (SSSR count). The second kappa shape index (κ2) is 13.0. The van der Waals surface area contributed by atoms with Gasteiger partial charge >= 0.3 is 19.7 Å². The quantitative estimate of drug-likeness (QED) is 0.221. The number of benzene rings is 2. The van der Waals surface area contributed by atoms with E-state index in [4.69, 9.17) is 9.47 Å². The number of ether oxygens (including phenoxy) is 2. The number of rotatable bonds is 10. The van der Waals surface area contributed by atoms with Crippen LogP contribution >= 0.6 is 15.0 Å². The van der Waals surface area contributed by atoms with E-state index in [1.54, 1.807) is 16.5 Å². The second-order valence-corrected chi connectivity index (χ2v) is 16.8. The van der Waals surface area contributed by atoms with Crippen molar-refractivity contribution in [2.75, 3.05) is 38.8 Å². The van der Waals surface area contributed by atoms with Gasteiger partial charge < -0.3 is 43.6 Å². The number of aromatic carboxylic acids is 1. The predicted molar refractivity (Wildman–Crippen MR) is 171 cm³/mol. The molecule has 1 saturated heterocycles. The first-order chi connectivity index (χ1) is 22.0. The largest absolute Gasteiger partial charge is 0.492 e. The maximum absolute atomic E-state index is 15.8. The van der Waals surface area contributed by atoms with E-state index in [1.165, 1.54) is 42.5 Å². The van der Waals surface area contributed by atoms with Crippen LogP contribution < -0.4 is 19.8 Å². The first kappa shape index (κ1) is 34.6. The molecule has 1 aliphatic carbocycles. The molecule has 1 aliphatic heterocycles. The van der Waals surface area contributed by atoms with Crippen LogP contribution in [-0.4, -0.2) is 86.7 Å². The Labute approximate surface area is 268 Å². The molecule has 254 valence electrons. The maximum atomic E-state index is 15.8. The van der Waals surface area contributed by atoms with Gasteiger partial charge in [-0.3, -0.25) is 13.9 Å². The molecule has 1 aromatic heterocycles. The SMILES string of the molecule is COc1c(N2CCCC(N(C)C(=O)Oc3ccc(CC(P(C)(=O)O)P(=O)(O)O)cc3)C2)c(F)cc2c(=O)c(C(=O)O)cn(C3CC3)c12. The minimum Gasteiger partial charge on any atom is -0.492 e. The molecule has 2 aliphatic rings. The number of pyridine rings is 1. The Bertz CT molecular complexity index is 1850. The lowest BCUT2D eigenvalue weighted by atomic mass is 10.0. The number of carbonyl (C=O) groups excluding carboxylic acids is 1. The normalized spacial score (nSPS) is 18.8. The molecule has 1 saturated carbocycles. The minimum absolute atomic E-state index is 0.0527. The van der Waals surface area contributed by atoms with Crippen LogP contribution in [0.2, 0.25) is 0 Å². The van der Waals surface area contributed by atoms with Crippen molar-refractivity contribution in [1.29, 1.82) is 0 Å². The van der Waals surface area contributed by atoms with Crippen molar-refractivity contribution in [3.63, 3.8) is 0 Å². The summed E-state index contributed by atoms with van der Waals surface area (Å²) in [5.41, 5.74) is -0.475. The molecule has 17 heteroatoms. The molecule has 2 fully saturated rings. The molecule has 14 nitrogen and oxygen atoms in total. The first-order valence-corrected chi connectivity index (χ1v) is 18.7. The van der Waals surface area contributed by atoms with E-state index < -0.39 is 55.3 Å². The smallest absolute Gasteiger partial charge is 0.415 e. The Hall–Kier alpha value is -3.74. The number of carboxylic acids is 1. The van der Waals surface area contributed by atoms with E-state index in [2.05, 4.69) is 0 Å². The lowest BCUT2D eigenvalue weighted by molar-refractivity contribution is 0.0694. The Morgan fingerprint density at radius 3 is 2.34 bits per heavy atom. The highest BCUT2D eigenvalue weighted by Crippen LogP contribution is 2.61. The number of hydrogen-bond acceptors (Lipinski definition) is 8. The fourth-order valence-electron chi connectivity index (χ4n) is 5.99. The summed E-state index contributed by atoms with van der Waals surface area (Å²) in [4.78, 5) is 69.9. The molecular formula is C30H36FN3O11P2. The molecule has 1 amide bonds. The lowest BCUT2D eigenvalue weighted by Crippen LogP contribution is -2.49. The average Bonchev–Trinajstić information content (AvgIpc) is 3.84. The van der Waals surface area contributed by atoms with Gasteiger partial charge in [0, 0.05) is 39.0 Å². The monoisotopic (exact) mass is 695 g/mol. The van der Waals surface area contributed by atoms with Crippen LogP contribution in [0.15, 0.2) is 41.3 Å². The van der Waals surface area contributed by atoms with Gasteiger partial charge in [0.25, 0.3) is 0 Å². The zero-order chi connectivity index (χ0) is 34.4. The Morgan fingerprint density at radius 2 is 1.79 bits per heavy atom. The van der Waals surface area contributed by atoms with Gasteiger partial charge in [-0.2, -0.15) is 0 Å². The molecule has 47 heavy (non-hydrogen) atoms. The van der Waals surface area contributed by atoms with Crippen molar-refractivity contribution in [2.24, 2.45) is 0 Å². The summed E-state index contributed by atoms with van der Waals surface area (Å²) in [6.07, 6.45) is 2.92. The maximum Gasteiger partial charge on any atom is 0.415 e. The third-order valence-electron chi connectivity index (χ3n) is 8.61. The molecule has 2 aromatic carbocycles. The summed E-state index contributed by atoms with van der Waals surface area (Å²) in [7, 11) is -6.08. The molecule has 3 unspecified atom stereocenters. The zero-order valence-corrected chi connectivity index (χ0v) is 27.7. The number of likely N-dealkylation sites (N-methyl/N-ethyl adjacent to an activating group) is 1. The second-order valence-electron chi connectivity index (χ2n) is 12.0. The summed E-state index contributed by atoms with van der Waals surface area (Å²) in [5.74, 6) is -1.92. The average molecular weight is 696 g/mol. The molecule has 0 bridgehead atoms. The first-order valence-electron chi connectivity index (χ1n) is 14.8. The van der Waals surface area contributed by atoms with Crippen LogP contribution in [0.4, 0.5) is 14.9 Å². The third-order valence-corrected chi connectivity index (χ3v) is 13.0. The number of aromatic nitrogens is 1. The highest BCUT2D eigenvalue weighted by Gasteiger charge is 2.41. The standard InChI is InChI=1S/C30H36FN3O11P2/c1-32(30(38)45-20-10-6-17(7-11-20)13-24(46(3,39)40)47(41,42)43)19-5-4-12-33(15-19)26-23(31)14-21-25(28(26)44-2)34(18-8-9-18)16-22(27(21)35)29(36)37/h6-7,10-11,14,16,18-19,24H,4-5,8-9,12-13,15H2,1-3H3,(H,36,37)(H,39,40)(H2,41,42,43). The number of halogens is 1. The van der Waals surface area contributed by atoms with Gasteiger partial charge in [0.15, 0.2) is 11.6 Å². The summed E-state index contributed by atoms with van der Waals surface area (Å²) in [6.45, 7) is 1.52. The van der Waals surface area contributed by atoms with Gasteiger partial charge in [0.1, 0.15) is 22.4 Å². The number of methoxy groups -OCH3 is 1. The van der Waals surface area contributed by atoms with Gasteiger partial charge in [-0.05, 0) is 55.9 Å². The van der Waals surface area contributed by atoms with Crippen LogP contribution in [0.1, 0.15) is 47.6 Å². The van der Waals surface area contributed by atoms with Gasteiger partial charge in [-0.15, -0.1) is 0 Å². The number of carboxylic acid groups (broad SMARTS) is 1. The van der Waals surface area contributed by atoms with Crippen molar-refractivity contribution in [1.82, 2.24) is 9.47 Å². The molecule has 2 heterocycles. The van der Waals surface area contributed by atoms with Crippen molar-refractivity contribution in [3.8, 4) is 11.5 Å². The van der Waals surface area contributed by atoms with Crippen molar-refractivity contribution in [3.05, 3.63) is 63.7 Å². The van der Waals surface area contributed by atoms with Gasteiger partial charge in [0.05, 0.1) is 24.1 Å². The number of anilines is 1. The van der Waals surface area contributed by atoms with Crippen LogP contribution in [0.3, 0.4) is 0 Å². The van der Waals surface area contributed by atoms with E-state index in [9.17, 15) is 43.3 Å². The topological polar surface area (TPSA) is 196 Å². The highest BCUT2D eigenvalue weighted by molar-refractivity contribution is 7.73. The van der Waals surface area contributed by atoms with Crippen LogP contribution in [-0.2, 0) is 15.6 Å². The Kier molecular flexibility index (Phi) is 9.60. The van der Waals surface area contributed by atoms with E-state index >= 15 is 4.39 Å². The number of piperidine rings is 1.